The van der Waals surface area contributed by atoms with E-state index in [1.54, 1.807) is 0 Å². The molecule has 9 aromatic carbocycles. The van der Waals surface area contributed by atoms with Crippen LogP contribution < -0.4 is 4.90 Å². The van der Waals surface area contributed by atoms with E-state index in [4.69, 9.17) is 14.4 Å². The second-order valence-electron chi connectivity index (χ2n) is 15.3. The van der Waals surface area contributed by atoms with Crippen molar-refractivity contribution in [3.05, 3.63) is 212 Å². The van der Waals surface area contributed by atoms with Crippen LogP contribution in [0.25, 0.3) is 97.9 Å². The first-order chi connectivity index (χ1) is 30.2. The van der Waals surface area contributed by atoms with E-state index in [9.17, 15) is 0 Å². The molecule has 3 aromatic heterocycles. The maximum atomic E-state index is 6.62. The first-order valence-corrected chi connectivity index (χ1v) is 21.3. The lowest BCUT2D eigenvalue weighted by Crippen LogP contribution is -2.09. The average molecular weight is 798 g/mol. The third-order valence-electron chi connectivity index (χ3n) is 11.7. The van der Waals surface area contributed by atoms with Gasteiger partial charge in [-0.1, -0.05) is 140 Å². The smallest absolute Gasteiger partial charge is 0.160 e. The van der Waals surface area contributed by atoms with Crippen LogP contribution in [0.15, 0.2) is 217 Å². The van der Waals surface area contributed by atoms with Crippen LogP contribution in [0.5, 0.6) is 0 Å². The third-order valence-corrected chi connectivity index (χ3v) is 12.8. The molecule has 0 unspecified atom stereocenters. The third kappa shape index (κ3) is 6.14. The molecule has 3 heterocycles. The summed E-state index contributed by atoms with van der Waals surface area (Å²) in [5, 5.41) is 6.89. The second kappa shape index (κ2) is 14.5. The van der Waals surface area contributed by atoms with Gasteiger partial charge in [0.15, 0.2) is 5.82 Å². The van der Waals surface area contributed by atoms with Gasteiger partial charge in [0.1, 0.15) is 11.2 Å². The summed E-state index contributed by atoms with van der Waals surface area (Å²) in [5.41, 5.74) is 12.0. The van der Waals surface area contributed by atoms with Crippen LogP contribution in [0.4, 0.5) is 17.1 Å². The molecule has 0 saturated carbocycles. The molecule has 0 fully saturated rings. The second-order valence-corrected chi connectivity index (χ2v) is 16.4. The van der Waals surface area contributed by atoms with Crippen molar-refractivity contribution in [1.82, 2.24) is 9.97 Å². The van der Waals surface area contributed by atoms with Gasteiger partial charge in [0.2, 0.25) is 0 Å². The van der Waals surface area contributed by atoms with Crippen molar-refractivity contribution < 1.29 is 4.42 Å². The monoisotopic (exact) mass is 797 g/mol. The van der Waals surface area contributed by atoms with Crippen LogP contribution in [0.3, 0.4) is 0 Å². The molecular weight excluding hydrogens is 763 g/mol. The largest absolute Gasteiger partial charge is 0.455 e. The minimum absolute atomic E-state index is 0.669. The quantitative estimate of drug-likeness (QED) is 0.161. The highest BCUT2D eigenvalue weighted by Gasteiger charge is 2.19. The molecule has 0 radical (unpaired) electrons. The summed E-state index contributed by atoms with van der Waals surface area (Å²) in [6, 6.07) is 75.0. The van der Waals surface area contributed by atoms with Gasteiger partial charge < -0.3 is 9.32 Å². The molecule has 0 amide bonds. The lowest BCUT2D eigenvalue weighted by atomic mass is 9.93. The Hall–Kier alpha value is -7.86. The fourth-order valence-electron chi connectivity index (χ4n) is 8.73. The minimum atomic E-state index is 0.669. The van der Waals surface area contributed by atoms with Gasteiger partial charge >= 0.3 is 0 Å². The lowest BCUT2D eigenvalue weighted by molar-refractivity contribution is 0.672. The predicted octanol–water partition coefficient (Wildman–Crippen LogP) is 16.0. The Labute approximate surface area is 356 Å². The molecule has 0 atom stereocenters. The number of hydrogen-bond donors (Lipinski definition) is 0. The molecular formula is C56H35N3OS. The summed E-state index contributed by atoms with van der Waals surface area (Å²) in [5.74, 6) is 0.669. The fourth-order valence-corrected chi connectivity index (χ4v) is 9.87. The van der Waals surface area contributed by atoms with Crippen LogP contribution in [0, 0.1) is 0 Å². The van der Waals surface area contributed by atoms with Crippen molar-refractivity contribution in [2.24, 2.45) is 0 Å². The Kier molecular flexibility index (Phi) is 8.32. The molecule has 0 aliphatic carbocycles. The van der Waals surface area contributed by atoms with Gasteiger partial charge in [-0.25, -0.2) is 9.97 Å². The molecule has 0 bridgehead atoms. The SMILES string of the molecule is c1ccc(-c2cc(-c3ccccc3)nc(-c3ccc4c(c3)c(-c3ccc(N(c5ccccc5)c5ccc6c(c5)sc5ccccc56)cc3)cc3c5ccccc5oc43)n2)cc1. The van der Waals surface area contributed by atoms with E-state index in [1.807, 2.05) is 35.6 Å². The molecule has 0 saturated heterocycles. The van der Waals surface area contributed by atoms with Crippen LogP contribution >= 0.6 is 11.3 Å². The van der Waals surface area contributed by atoms with E-state index in [0.29, 0.717) is 5.82 Å². The number of furan rings is 1. The molecule has 286 valence electrons. The normalized spacial score (nSPS) is 11.6. The Morgan fingerprint density at radius 2 is 0.934 bits per heavy atom. The number of hydrogen-bond acceptors (Lipinski definition) is 5. The summed E-state index contributed by atoms with van der Waals surface area (Å²) in [4.78, 5) is 12.7. The number of rotatable bonds is 7. The predicted molar refractivity (Wildman–Crippen MR) is 256 cm³/mol. The van der Waals surface area contributed by atoms with Gasteiger partial charge in [-0.05, 0) is 89.3 Å². The van der Waals surface area contributed by atoms with Crippen molar-refractivity contribution in [2.75, 3.05) is 4.90 Å². The van der Waals surface area contributed by atoms with E-state index in [-0.39, 0.29) is 0 Å². The van der Waals surface area contributed by atoms with Crippen molar-refractivity contribution in [3.8, 4) is 45.0 Å². The highest BCUT2D eigenvalue weighted by molar-refractivity contribution is 7.25. The van der Waals surface area contributed by atoms with E-state index in [1.165, 1.54) is 20.2 Å². The van der Waals surface area contributed by atoms with Crippen molar-refractivity contribution in [2.45, 2.75) is 0 Å². The van der Waals surface area contributed by atoms with Crippen molar-refractivity contribution in [3.63, 3.8) is 0 Å². The molecule has 0 aliphatic heterocycles. The highest BCUT2D eigenvalue weighted by atomic mass is 32.1. The van der Waals surface area contributed by atoms with Gasteiger partial charge in [-0.2, -0.15) is 0 Å². The molecule has 61 heavy (non-hydrogen) atoms. The van der Waals surface area contributed by atoms with Crippen LogP contribution in [0.2, 0.25) is 0 Å². The first kappa shape index (κ1) is 35.1. The topological polar surface area (TPSA) is 42.2 Å². The Balaban J connectivity index is 1.03. The Morgan fingerprint density at radius 1 is 0.361 bits per heavy atom. The molecule has 0 aliphatic rings. The number of benzene rings is 9. The minimum Gasteiger partial charge on any atom is -0.455 e. The number of anilines is 3. The fraction of sp³-hybridized carbons (Fsp3) is 0. The number of fused-ring (bicyclic) bond motifs is 8. The maximum absolute atomic E-state index is 6.62. The summed E-state index contributed by atoms with van der Waals surface area (Å²) in [6.07, 6.45) is 0. The average Bonchev–Trinajstić information content (AvgIpc) is 3.90. The highest BCUT2D eigenvalue weighted by Crippen LogP contribution is 2.44. The van der Waals surface area contributed by atoms with E-state index < -0.39 is 0 Å². The molecule has 0 N–H and O–H groups in total. The van der Waals surface area contributed by atoms with Crippen molar-refractivity contribution >= 4 is 81.3 Å². The molecule has 4 nitrogen and oxygen atoms in total. The molecule has 0 spiro atoms. The zero-order chi connectivity index (χ0) is 40.3. The molecule has 12 aromatic rings. The van der Waals surface area contributed by atoms with E-state index in [2.05, 4.69) is 193 Å². The van der Waals surface area contributed by atoms with Crippen molar-refractivity contribution in [1.29, 1.82) is 0 Å². The van der Waals surface area contributed by atoms with Crippen LogP contribution in [-0.2, 0) is 0 Å². The molecule has 5 heteroatoms. The van der Waals surface area contributed by atoms with Gasteiger partial charge in [0, 0.05) is 70.1 Å². The Morgan fingerprint density at radius 3 is 1.67 bits per heavy atom. The maximum Gasteiger partial charge on any atom is 0.160 e. The number of para-hydroxylation sites is 2. The molecule has 12 rings (SSSR count). The van der Waals surface area contributed by atoms with Crippen LogP contribution in [0.1, 0.15) is 0 Å². The zero-order valence-corrected chi connectivity index (χ0v) is 33.7. The number of thiophene rings is 1. The standard InChI is InChI=1S/C56H35N3OS/c1-4-14-37(15-5-1)50-35-51(38-16-6-2-7-17-38)58-56(57-50)39-26-30-46-48(32-39)47(34-49-43-20-10-12-22-52(43)60-55(46)49)36-24-27-41(28-25-36)59(40-18-8-3-9-19-40)42-29-31-45-44-21-11-13-23-53(44)61-54(45)33-42/h1-35H. The van der Waals surface area contributed by atoms with Gasteiger partial charge in [0.05, 0.1) is 11.4 Å². The number of nitrogens with zero attached hydrogens (tertiary/aromatic N) is 3. The first-order valence-electron chi connectivity index (χ1n) is 20.5. The summed E-state index contributed by atoms with van der Waals surface area (Å²) < 4.78 is 9.19. The Bertz CT molecular complexity index is 3520. The number of aromatic nitrogens is 2. The van der Waals surface area contributed by atoms with Gasteiger partial charge in [-0.15, -0.1) is 11.3 Å². The van der Waals surface area contributed by atoms with E-state index >= 15 is 0 Å². The van der Waals surface area contributed by atoms with E-state index in [0.717, 1.165) is 89.0 Å². The van der Waals surface area contributed by atoms with Gasteiger partial charge in [0.25, 0.3) is 0 Å². The summed E-state index contributed by atoms with van der Waals surface area (Å²) in [6.45, 7) is 0. The lowest BCUT2D eigenvalue weighted by Gasteiger charge is -2.26. The summed E-state index contributed by atoms with van der Waals surface area (Å²) in [7, 11) is 0. The summed E-state index contributed by atoms with van der Waals surface area (Å²) >= 11 is 1.84. The van der Waals surface area contributed by atoms with Crippen LogP contribution in [-0.4, -0.2) is 9.97 Å². The zero-order valence-electron chi connectivity index (χ0n) is 32.9. The van der Waals surface area contributed by atoms with Gasteiger partial charge in [-0.3, -0.25) is 0 Å².